The fourth-order valence-corrected chi connectivity index (χ4v) is 0.353. The molecule has 0 aromatic heterocycles. The van der Waals surface area contributed by atoms with Crippen molar-refractivity contribution >= 4 is 5.91 Å². The van der Waals surface area contributed by atoms with Crippen LogP contribution in [0.2, 0.25) is 0 Å². The first kappa shape index (κ1) is 7.43. The molecule has 3 nitrogen and oxygen atoms in total. The standard InChI is InChI=1S/C5H12N2O/c1-2-3-7-5(8)4-6/h2-4,6H2,1H3,(H,7,8)/p+1. The van der Waals surface area contributed by atoms with Crippen LogP contribution < -0.4 is 11.1 Å². The first-order valence-corrected chi connectivity index (χ1v) is 2.87. The van der Waals surface area contributed by atoms with E-state index in [-0.39, 0.29) is 5.91 Å². The van der Waals surface area contributed by atoms with E-state index in [4.69, 9.17) is 0 Å². The van der Waals surface area contributed by atoms with Crippen LogP contribution in [0.3, 0.4) is 0 Å². The van der Waals surface area contributed by atoms with Gasteiger partial charge in [0.05, 0.1) is 0 Å². The number of carbonyl (C=O) groups is 1. The van der Waals surface area contributed by atoms with E-state index in [1.807, 2.05) is 6.92 Å². The van der Waals surface area contributed by atoms with E-state index in [0.717, 1.165) is 13.0 Å². The molecule has 0 aliphatic carbocycles. The van der Waals surface area contributed by atoms with Crippen LogP contribution in [0.15, 0.2) is 0 Å². The summed E-state index contributed by atoms with van der Waals surface area (Å²) in [4.78, 5) is 10.4. The number of nitrogens with one attached hydrogen (secondary N) is 1. The molecule has 0 aromatic rings. The molecule has 0 bridgehead atoms. The summed E-state index contributed by atoms with van der Waals surface area (Å²) in [5.41, 5.74) is 3.43. The van der Waals surface area contributed by atoms with Crippen LogP contribution in [-0.2, 0) is 4.79 Å². The highest BCUT2D eigenvalue weighted by atomic mass is 16.1. The zero-order valence-corrected chi connectivity index (χ0v) is 5.24. The quantitative estimate of drug-likeness (QED) is 0.477. The Bertz CT molecular complexity index is 72.8. The Morgan fingerprint density at radius 2 is 2.38 bits per heavy atom. The van der Waals surface area contributed by atoms with E-state index in [2.05, 4.69) is 11.1 Å². The Labute approximate surface area is 49.3 Å². The second-order valence-corrected chi connectivity index (χ2v) is 1.60. The summed E-state index contributed by atoms with van der Waals surface area (Å²) in [6, 6.07) is 0. The van der Waals surface area contributed by atoms with Gasteiger partial charge in [-0.3, -0.25) is 4.79 Å². The van der Waals surface area contributed by atoms with Gasteiger partial charge in [-0.25, -0.2) is 0 Å². The molecule has 1 amide bonds. The maximum atomic E-state index is 10.4. The minimum atomic E-state index is 0.0341. The van der Waals surface area contributed by atoms with Gasteiger partial charge < -0.3 is 11.1 Å². The van der Waals surface area contributed by atoms with E-state index in [1.165, 1.54) is 0 Å². The van der Waals surface area contributed by atoms with E-state index in [0.29, 0.717) is 6.54 Å². The normalized spacial score (nSPS) is 8.75. The van der Waals surface area contributed by atoms with Crippen LogP contribution in [0.5, 0.6) is 0 Å². The molecule has 0 atom stereocenters. The van der Waals surface area contributed by atoms with Gasteiger partial charge >= 0.3 is 0 Å². The van der Waals surface area contributed by atoms with Crippen LogP contribution >= 0.6 is 0 Å². The lowest BCUT2D eigenvalue weighted by molar-refractivity contribution is -0.355. The van der Waals surface area contributed by atoms with Gasteiger partial charge in [0.25, 0.3) is 5.91 Å². The van der Waals surface area contributed by atoms with Crippen molar-refractivity contribution in [1.82, 2.24) is 5.32 Å². The Balaban J connectivity index is 2.99. The largest absolute Gasteiger partial charge is 0.351 e. The van der Waals surface area contributed by atoms with Gasteiger partial charge in [0.1, 0.15) is 0 Å². The third-order valence-corrected chi connectivity index (χ3v) is 0.799. The van der Waals surface area contributed by atoms with Gasteiger partial charge in [0.2, 0.25) is 0 Å². The third-order valence-electron chi connectivity index (χ3n) is 0.799. The van der Waals surface area contributed by atoms with Crippen molar-refractivity contribution < 1.29 is 10.5 Å². The fourth-order valence-electron chi connectivity index (χ4n) is 0.353. The highest BCUT2D eigenvalue weighted by Gasteiger charge is 1.93. The topological polar surface area (TPSA) is 56.7 Å². The highest BCUT2D eigenvalue weighted by molar-refractivity contribution is 5.76. The Kier molecular flexibility index (Phi) is 4.26. The zero-order chi connectivity index (χ0) is 6.41. The molecule has 48 valence electrons. The highest BCUT2D eigenvalue weighted by Crippen LogP contribution is 1.67. The van der Waals surface area contributed by atoms with Crippen LogP contribution in [0.4, 0.5) is 0 Å². The second-order valence-electron chi connectivity index (χ2n) is 1.60. The van der Waals surface area contributed by atoms with Crippen LogP contribution in [-0.4, -0.2) is 19.0 Å². The van der Waals surface area contributed by atoms with Gasteiger partial charge in [0, 0.05) is 6.54 Å². The summed E-state index contributed by atoms with van der Waals surface area (Å²) in [6.07, 6.45) is 0.992. The molecule has 0 saturated heterocycles. The molecule has 0 aliphatic heterocycles. The van der Waals surface area contributed by atoms with Crippen LogP contribution in [0.1, 0.15) is 13.3 Å². The maximum Gasteiger partial charge on any atom is 0.275 e. The molecule has 0 aromatic carbocycles. The number of amides is 1. The van der Waals surface area contributed by atoms with Gasteiger partial charge in [-0.05, 0) is 6.42 Å². The van der Waals surface area contributed by atoms with Crippen molar-refractivity contribution in [2.24, 2.45) is 0 Å². The summed E-state index contributed by atoms with van der Waals surface area (Å²) < 4.78 is 0. The van der Waals surface area contributed by atoms with E-state index >= 15 is 0 Å². The molecule has 0 heterocycles. The number of quaternary nitrogens is 1. The average Bonchev–Trinajstić information content (AvgIpc) is 1.83. The predicted octanol–water partition coefficient (Wildman–Crippen LogP) is -1.25. The molecule has 0 fully saturated rings. The van der Waals surface area contributed by atoms with Gasteiger partial charge in [0.15, 0.2) is 6.54 Å². The summed E-state index contributed by atoms with van der Waals surface area (Å²) in [7, 11) is 0. The first-order chi connectivity index (χ1) is 3.81. The molecule has 0 unspecified atom stereocenters. The number of hydrogen-bond donors (Lipinski definition) is 2. The minimum Gasteiger partial charge on any atom is -0.351 e. The van der Waals surface area contributed by atoms with E-state index in [1.54, 1.807) is 0 Å². The van der Waals surface area contributed by atoms with E-state index in [9.17, 15) is 4.79 Å². The first-order valence-electron chi connectivity index (χ1n) is 2.87. The molecule has 3 heteroatoms. The Morgan fingerprint density at radius 1 is 1.75 bits per heavy atom. The number of carbonyl (C=O) groups excluding carboxylic acids is 1. The van der Waals surface area contributed by atoms with Crippen molar-refractivity contribution in [2.75, 3.05) is 13.1 Å². The molecule has 0 radical (unpaired) electrons. The maximum absolute atomic E-state index is 10.4. The van der Waals surface area contributed by atoms with Crippen molar-refractivity contribution in [3.05, 3.63) is 0 Å². The minimum absolute atomic E-state index is 0.0341. The lowest BCUT2D eigenvalue weighted by Gasteiger charge is -1.95. The number of hydrogen-bond acceptors (Lipinski definition) is 1. The van der Waals surface area contributed by atoms with Gasteiger partial charge in [-0.15, -0.1) is 0 Å². The molecule has 0 spiro atoms. The summed E-state index contributed by atoms with van der Waals surface area (Å²) in [5, 5.41) is 2.68. The lowest BCUT2D eigenvalue weighted by atomic mass is 10.5. The van der Waals surface area contributed by atoms with Crippen molar-refractivity contribution in [3.8, 4) is 0 Å². The summed E-state index contributed by atoms with van der Waals surface area (Å²) in [5.74, 6) is 0.0341. The predicted molar refractivity (Wildman–Crippen MR) is 31.1 cm³/mol. The zero-order valence-electron chi connectivity index (χ0n) is 5.24. The molecular weight excluding hydrogens is 104 g/mol. The average molecular weight is 117 g/mol. The molecule has 8 heavy (non-hydrogen) atoms. The Hall–Kier alpha value is -0.570. The van der Waals surface area contributed by atoms with Gasteiger partial charge in [-0.2, -0.15) is 0 Å². The number of rotatable bonds is 3. The summed E-state index contributed by atoms with van der Waals surface area (Å²) in [6.45, 7) is 3.14. The monoisotopic (exact) mass is 117 g/mol. The summed E-state index contributed by atoms with van der Waals surface area (Å²) >= 11 is 0. The molecule has 0 aliphatic rings. The van der Waals surface area contributed by atoms with Gasteiger partial charge in [-0.1, -0.05) is 6.92 Å². The van der Waals surface area contributed by atoms with Crippen LogP contribution in [0, 0.1) is 0 Å². The molecular formula is C5H13N2O+. The van der Waals surface area contributed by atoms with E-state index < -0.39 is 0 Å². The Morgan fingerprint density at radius 3 is 2.75 bits per heavy atom. The lowest BCUT2D eigenvalue weighted by Crippen LogP contribution is -2.57. The molecule has 0 rings (SSSR count). The van der Waals surface area contributed by atoms with Crippen molar-refractivity contribution in [3.63, 3.8) is 0 Å². The van der Waals surface area contributed by atoms with Crippen molar-refractivity contribution in [2.45, 2.75) is 13.3 Å². The molecule has 4 N–H and O–H groups in total. The smallest absolute Gasteiger partial charge is 0.275 e. The fraction of sp³-hybridized carbons (Fsp3) is 0.800. The SMILES string of the molecule is CCCNC(=O)C[NH3+]. The van der Waals surface area contributed by atoms with Crippen molar-refractivity contribution in [1.29, 1.82) is 0 Å². The third kappa shape index (κ3) is 3.61. The second kappa shape index (κ2) is 4.59. The van der Waals surface area contributed by atoms with Crippen LogP contribution in [0.25, 0.3) is 0 Å². The molecule has 0 saturated carbocycles.